The second-order valence-electron chi connectivity index (χ2n) is 5.73. The van der Waals surface area contributed by atoms with Crippen LogP contribution in [0.4, 0.5) is 5.82 Å². The monoisotopic (exact) mass is 367 g/mol. The summed E-state index contributed by atoms with van der Waals surface area (Å²) in [7, 11) is 0. The van der Waals surface area contributed by atoms with Crippen molar-refractivity contribution >= 4 is 29.1 Å². The maximum absolute atomic E-state index is 12.6. The fraction of sp³-hybridized carbons (Fsp3) is 0.118. The van der Waals surface area contributed by atoms with Gasteiger partial charge in [-0.2, -0.15) is 19.7 Å². The highest BCUT2D eigenvalue weighted by molar-refractivity contribution is 6.30. The van der Waals surface area contributed by atoms with Crippen molar-refractivity contribution in [3.05, 3.63) is 70.9 Å². The summed E-state index contributed by atoms with van der Waals surface area (Å²) in [6.07, 6.45) is 3.16. The Morgan fingerprint density at radius 2 is 2.04 bits per heavy atom. The minimum atomic E-state index is -0.331. The van der Waals surface area contributed by atoms with Crippen molar-refractivity contribution in [2.75, 3.05) is 5.32 Å². The van der Waals surface area contributed by atoms with Gasteiger partial charge in [0.1, 0.15) is 12.0 Å². The summed E-state index contributed by atoms with van der Waals surface area (Å²) in [5, 5.41) is 11.9. The van der Waals surface area contributed by atoms with Crippen LogP contribution < -0.4 is 5.32 Å². The molecule has 3 aromatic heterocycles. The number of anilines is 1. The number of nitrogens with zero attached hydrogens (tertiary/aromatic N) is 6. The van der Waals surface area contributed by atoms with Crippen molar-refractivity contribution in [3.63, 3.8) is 0 Å². The Morgan fingerprint density at radius 1 is 1.23 bits per heavy atom. The number of hydrogen-bond acceptors (Lipinski definition) is 5. The number of aryl methyl sites for hydroxylation is 1. The number of amides is 1. The Labute approximate surface area is 153 Å². The van der Waals surface area contributed by atoms with Crippen molar-refractivity contribution in [1.82, 2.24) is 29.4 Å². The van der Waals surface area contributed by atoms with Crippen molar-refractivity contribution in [3.8, 4) is 0 Å². The molecule has 8 nitrogen and oxygen atoms in total. The van der Waals surface area contributed by atoms with E-state index in [1.54, 1.807) is 29.9 Å². The summed E-state index contributed by atoms with van der Waals surface area (Å²) in [6, 6.07) is 10.9. The minimum Gasteiger partial charge on any atom is -0.304 e. The van der Waals surface area contributed by atoms with E-state index in [2.05, 4.69) is 25.5 Å². The lowest BCUT2D eigenvalue weighted by Gasteiger charge is -2.05. The zero-order valence-electron chi connectivity index (χ0n) is 13.8. The van der Waals surface area contributed by atoms with E-state index in [0.717, 1.165) is 5.56 Å². The van der Waals surface area contributed by atoms with Gasteiger partial charge in [0.15, 0.2) is 5.82 Å². The number of carbonyl (C=O) groups excluding carboxylic acids is 1. The van der Waals surface area contributed by atoms with Crippen molar-refractivity contribution in [2.24, 2.45) is 0 Å². The normalized spacial score (nSPS) is 11.0. The first-order valence-corrected chi connectivity index (χ1v) is 8.23. The predicted octanol–water partition coefficient (Wildman–Crippen LogP) is 2.58. The van der Waals surface area contributed by atoms with E-state index in [9.17, 15) is 4.79 Å². The number of rotatable bonds is 4. The standard InChI is InChI=1S/C17H14ClN7O/c1-11-8-14(25-17(21-11)19-10-20-25)16(26)22-15-6-7-24(23-15)9-12-2-4-13(18)5-3-12/h2-8,10H,9H2,1H3,(H,22,23,26). The van der Waals surface area contributed by atoms with Gasteiger partial charge in [0.25, 0.3) is 11.7 Å². The van der Waals surface area contributed by atoms with Crippen LogP contribution in [0, 0.1) is 6.92 Å². The van der Waals surface area contributed by atoms with E-state index in [1.807, 2.05) is 24.3 Å². The van der Waals surface area contributed by atoms with Crippen LogP contribution in [0.3, 0.4) is 0 Å². The quantitative estimate of drug-likeness (QED) is 0.598. The van der Waals surface area contributed by atoms with E-state index in [0.29, 0.717) is 34.6 Å². The lowest BCUT2D eigenvalue weighted by Crippen LogP contribution is -2.18. The first kappa shape index (κ1) is 16.2. The molecule has 0 aliphatic carbocycles. The van der Waals surface area contributed by atoms with Crippen LogP contribution in [0.25, 0.3) is 5.78 Å². The van der Waals surface area contributed by atoms with Gasteiger partial charge in [0.2, 0.25) is 0 Å². The molecule has 1 N–H and O–H groups in total. The fourth-order valence-electron chi connectivity index (χ4n) is 2.57. The number of nitrogens with one attached hydrogen (secondary N) is 1. The highest BCUT2D eigenvalue weighted by Gasteiger charge is 2.15. The molecule has 0 saturated heterocycles. The second-order valence-corrected chi connectivity index (χ2v) is 6.17. The molecule has 0 spiro atoms. The third-order valence-corrected chi connectivity index (χ3v) is 4.00. The molecule has 3 heterocycles. The SMILES string of the molecule is Cc1cc(C(=O)Nc2ccn(Cc3ccc(Cl)cc3)n2)n2ncnc2n1. The van der Waals surface area contributed by atoms with E-state index in [-0.39, 0.29) is 5.91 Å². The smallest absolute Gasteiger partial charge is 0.275 e. The highest BCUT2D eigenvalue weighted by atomic mass is 35.5. The van der Waals surface area contributed by atoms with Gasteiger partial charge in [-0.05, 0) is 30.7 Å². The lowest BCUT2D eigenvalue weighted by molar-refractivity contribution is 0.101. The Morgan fingerprint density at radius 3 is 2.85 bits per heavy atom. The van der Waals surface area contributed by atoms with Crippen LogP contribution >= 0.6 is 11.6 Å². The Hall–Kier alpha value is -3.26. The third-order valence-electron chi connectivity index (χ3n) is 3.75. The molecule has 9 heteroatoms. The summed E-state index contributed by atoms with van der Waals surface area (Å²) >= 11 is 5.89. The molecule has 26 heavy (non-hydrogen) atoms. The fourth-order valence-corrected chi connectivity index (χ4v) is 2.69. The molecular formula is C17H14ClN7O. The Bertz CT molecular complexity index is 1080. The molecule has 130 valence electrons. The minimum absolute atomic E-state index is 0.331. The Balaban J connectivity index is 1.52. The number of fused-ring (bicyclic) bond motifs is 1. The van der Waals surface area contributed by atoms with Crippen LogP contribution in [-0.2, 0) is 6.54 Å². The molecule has 1 aromatic carbocycles. The molecule has 0 unspecified atom stereocenters. The van der Waals surface area contributed by atoms with Gasteiger partial charge in [-0.25, -0.2) is 4.98 Å². The molecule has 0 saturated carbocycles. The number of halogens is 1. The van der Waals surface area contributed by atoms with Gasteiger partial charge in [-0.1, -0.05) is 23.7 Å². The first-order valence-electron chi connectivity index (χ1n) is 7.85. The number of carbonyl (C=O) groups is 1. The molecule has 1 amide bonds. The largest absolute Gasteiger partial charge is 0.304 e. The zero-order chi connectivity index (χ0) is 18.1. The van der Waals surface area contributed by atoms with Crippen molar-refractivity contribution in [2.45, 2.75) is 13.5 Å². The summed E-state index contributed by atoms with van der Waals surface area (Å²) < 4.78 is 3.13. The van der Waals surface area contributed by atoms with Crippen LogP contribution in [0.5, 0.6) is 0 Å². The van der Waals surface area contributed by atoms with Gasteiger partial charge in [0.05, 0.1) is 6.54 Å². The van der Waals surface area contributed by atoms with Crippen molar-refractivity contribution in [1.29, 1.82) is 0 Å². The summed E-state index contributed by atoms with van der Waals surface area (Å²) in [6.45, 7) is 2.38. The van der Waals surface area contributed by atoms with Crippen LogP contribution in [0.15, 0.2) is 48.9 Å². The summed E-state index contributed by atoms with van der Waals surface area (Å²) in [5.41, 5.74) is 2.09. The van der Waals surface area contributed by atoms with Gasteiger partial charge in [0, 0.05) is 23.0 Å². The number of aromatic nitrogens is 6. The Kier molecular flexibility index (Phi) is 4.10. The van der Waals surface area contributed by atoms with Crippen LogP contribution in [-0.4, -0.2) is 35.3 Å². The first-order chi connectivity index (χ1) is 12.6. The maximum Gasteiger partial charge on any atom is 0.275 e. The van der Waals surface area contributed by atoms with E-state index >= 15 is 0 Å². The lowest BCUT2D eigenvalue weighted by atomic mass is 10.2. The van der Waals surface area contributed by atoms with E-state index in [4.69, 9.17) is 11.6 Å². The van der Waals surface area contributed by atoms with Gasteiger partial charge in [-0.3, -0.25) is 9.48 Å². The molecule has 0 bridgehead atoms. The van der Waals surface area contributed by atoms with Crippen molar-refractivity contribution < 1.29 is 4.79 Å². The van der Waals surface area contributed by atoms with Crippen LogP contribution in [0.2, 0.25) is 5.02 Å². The maximum atomic E-state index is 12.6. The molecule has 0 aliphatic rings. The van der Waals surface area contributed by atoms with Gasteiger partial charge < -0.3 is 5.32 Å². The number of benzene rings is 1. The molecule has 4 aromatic rings. The van der Waals surface area contributed by atoms with Gasteiger partial charge >= 0.3 is 0 Å². The van der Waals surface area contributed by atoms with E-state index < -0.39 is 0 Å². The average Bonchev–Trinajstić information content (AvgIpc) is 3.25. The van der Waals surface area contributed by atoms with E-state index in [1.165, 1.54) is 10.8 Å². The molecule has 0 atom stereocenters. The average molecular weight is 368 g/mol. The predicted molar refractivity (Wildman–Crippen MR) is 96.3 cm³/mol. The van der Waals surface area contributed by atoms with Crippen LogP contribution in [0.1, 0.15) is 21.7 Å². The molecular weight excluding hydrogens is 354 g/mol. The molecule has 0 radical (unpaired) electrons. The second kappa shape index (κ2) is 6.57. The zero-order valence-corrected chi connectivity index (χ0v) is 14.6. The molecule has 4 rings (SSSR count). The third kappa shape index (κ3) is 3.27. The highest BCUT2D eigenvalue weighted by Crippen LogP contribution is 2.12. The summed E-state index contributed by atoms with van der Waals surface area (Å²) in [4.78, 5) is 20.8. The van der Waals surface area contributed by atoms with Gasteiger partial charge in [-0.15, -0.1) is 0 Å². The molecule has 0 aliphatic heterocycles. The number of hydrogen-bond donors (Lipinski definition) is 1. The summed E-state index contributed by atoms with van der Waals surface area (Å²) in [5.74, 6) is 0.498. The topological polar surface area (TPSA) is 90.0 Å². The molecule has 0 fully saturated rings.